The monoisotopic (exact) mass is 393 g/mol. The second-order valence-corrected chi connectivity index (χ2v) is 8.22. The zero-order valence-electron chi connectivity index (χ0n) is 17.9. The number of aryl methyl sites for hydroxylation is 1. The maximum atomic E-state index is 12.1. The highest BCUT2D eigenvalue weighted by Gasteiger charge is 2.21. The Morgan fingerprint density at radius 1 is 0.964 bits per heavy atom. The van der Waals surface area contributed by atoms with E-state index in [9.17, 15) is 9.59 Å². The van der Waals surface area contributed by atoms with Crippen LogP contribution >= 0.6 is 0 Å². The molecule has 28 heavy (non-hydrogen) atoms. The van der Waals surface area contributed by atoms with Gasteiger partial charge < -0.3 is 14.2 Å². The third-order valence-corrected chi connectivity index (χ3v) is 3.12. The lowest BCUT2D eigenvalue weighted by Gasteiger charge is -2.22. The summed E-state index contributed by atoms with van der Waals surface area (Å²) in [5.41, 5.74) is 0.465. The molecular weight excluding hydrogens is 362 g/mol. The summed E-state index contributed by atoms with van der Waals surface area (Å²) < 4.78 is 15.7. The van der Waals surface area contributed by atoms with Gasteiger partial charge in [-0.15, -0.1) is 0 Å². The van der Waals surface area contributed by atoms with Crippen LogP contribution in [-0.4, -0.2) is 36.5 Å². The first-order valence-corrected chi connectivity index (χ1v) is 8.97. The molecule has 0 radical (unpaired) electrons. The topological polar surface area (TPSA) is 98.3 Å². The van der Waals surface area contributed by atoms with E-state index < -0.39 is 23.4 Å². The summed E-state index contributed by atoms with van der Waals surface area (Å²) in [7, 11) is 1.60. The van der Waals surface area contributed by atoms with E-state index in [0.717, 1.165) is 16.9 Å². The lowest BCUT2D eigenvalue weighted by molar-refractivity contribution is 0.0545. The van der Waals surface area contributed by atoms with E-state index in [1.54, 1.807) is 48.7 Å². The van der Waals surface area contributed by atoms with Gasteiger partial charge >= 0.3 is 12.2 Å². The zero-order valence-corrected chi connectivity index (χ0v) is 17.9. The van der Waals surface area contributed by atoms with Crippen LogP contribution < -0.4 is 15.4 Å². The van der Waals surface area contributed by atoms with Crippen LogP contribution in [0.1, 0.15) is 52.7 Å². The van der Waals surface area contributed by atoms with E-state index in [0.29, 0.717) is 0 Å². The Bertz CT molecular complexity index is 698. The quantitative estimate of drug-likeness (QED) is 0.599. The predicted octanol–water partition coefficient (Wildman–Crippen LogP) is 3.91. The molecule has 0 fully saturated rings. The third-order valence-electron chi connectivity index (χ3n) is 3.12. The van der Waals surface area contributed by atoms with Crippen molar-refractivity contribution >= 4 is 18.1 Å². The molecule has 8 heteroatoms. The molecule has 0 saturated carbocycles. The molecular formula is C20H31N3O5. The average Bonchev–Trinajstić information content (AvgIpc) is 2.49. The molecule has 0 unspecified atom stereocenters. The van der Waals surface area contributed by atoms with Crippen molar-refractivity contribution in [2.24, 2.45) is 4.99 Å². The van der Waals surface area contributed by atoms with Crippen molar-refractivity contribution in [2.75, 3.05) is 7.11 Å². The number of hydrogen-bond donors (Lipinski definition) is 2. The van der Waals surface area contributed by atoms with Gasteiger partial charge in [0.25, 0.3) is 0 Å². The molecule has 0 bridgehead atoms. The summed E-state index contributed by atoms with van der Waals surface area (Å²) in [4.78, 5) is 28.4. The average molecular weight is 393 g/mol. The number of rotatable bonds is 3. The number of ether oxygens (including phenoxy) is 3. The summed E-state index contributed by atoms with van der Waals surface area (Å²) in [5.74, 6) is 0.712. The van der Waals surface area contributed by atoms with Crippen LogP contribution in [0.15, 0.2) is 23.2 Å². The lowest BCUT2D eigenvalue weighted by Crippen LogP contribution is -2.47. The molecule has 2 N–H and O–H groups in total. The third kappa shape index (κ3) is 9.25. The van der Waals surface area contributed by atoms with E-state index >= 15 is 0 Å². The molecule has 0 heterocycles. The Morgan fingerprint density at radius 3 is 1.86 bits per heavy atom. The van der Waals surface area contributed by atoms with Gasteiger partial charge in [-0.2, -0.15) is 0 Å². The Hall–Kier alpha value is -2.77. The number of nitrogens with one attached hydrogen (secondary N) is 2. The summed E-state index contributed by atoms with van der Waals surface area (Å²) in [5, 5.41) is 4.90. The van der Waals surface area contributed by atoms with Crippen LogP contribution in [0.3, 0.4) is 0 Å². The minimum absolute atomic E-state index is 0.0584. The van der Waals surface area contributed by atoms with Crippen molar-refractivity contribution in [1.82, 2.24) is 10.6 Å². The Labute approximate surface area is 166 Å². The number of nitrogens with zero attached hydrogens (tertiary/aromatic N) is 1. The first kappa shape index (κ1) is 23.3. The largest absolute Gasteiger partial charge is 0.496 e. The molecule has 0 spiro atoms. The molecule has 8 nitrogen and oxygen atoms in total. The van der Waals surface area contributed by atoms with Gasteiger partial charge in [0, 0.05) is 0 Å². The van der Waals surface area contributed by atoms with Gasteiger partial charge in [0.1, 0.15) is 17.0 Å². The maximum Gasteiger partial charge on any atom is 0.414 e. The van der Waals surface area contributed by atoms with Crippen LogP contribution in [0.5, 0.6) is 5.75 Å². The number of carbonyl (C=O) groups is 2. The summed E-state index contributed by atoms with van der Waals surface area (Å²) in [6.07, 6.45) is -1.46. The second kappa shape index (κ2) is 9.43. The minimum Gasteiger partial charge on any atom is -0.496 e. The minimum atomic E-state index is -0.728. The van der Waals surface area contributed by atoms with Gasteiger partial charge in [-0.3, -0.25) is 10.6 Å². The number of amides is 2. The smallest absolute Gasteiger partial charge is 0.414 e. The van der Waals surface area contributed by atoms with Crippen LogP contribution in [0.4, 0.5) is 9.59 Å². The van der Waals surface area contributed by atoms with E-state index in [2.05, 4.69) is 15.6 Å². The molecule has 0 aromatic heterocycles. The van der Waals surface area contributed by atoms with Gasteiger partial charge in [-0.1, -0.05) is 12.1 Å². The van der Waals surface area contributed by atoms with Crippen LogP contribution in [0.25, 0.3) is 0 Å². The van der Waals surface area contributed by atoms with Crippen LogP contribution in [0.2, 0.25) is 0 Å². The Balaban J connectivity index is 2.94. The summed E-state index contributed by atoms with van der Waals surface area (Å²) >= 11 is 0. The van der Waals surface area contributed by atoms with Crippen LogP contribution in [-0.2, 0) is 16.0 Å². The van der Waals surface area contributed by atoms with Gasteiger partial charge in [0.15, 0.2) is 0 Å². The normalized spacial score (nSPS) is 11.3. The standard InChI is InChI=1S/C20H31N3O5/c1-13-11-14(9-10-15(13)26-8)12-21-16(22-17(24)27-19(2,3)4)23-18(25)28-20(5,6)7/h9-11H,12H2,1-8H3,(H2,21,22,23,24,25). The summed E-state index contributed by atoms with van der Waals surface area (Å²) in [6, 6.07) is 5.61. The molecule has 0 atom stereocenters. The number of aliphatic imine (C=N–C) groups is 1. The van der Waals surface area contributed by atoms with E-state index in [4.69, 9.17) is 14.2 Å². The lowest BCUT2D eigenvalue weighted by atomic mass is 10.1. The van der Waals surface area contributed by atoms with Crippen molar-refractivity contribution in [3.63, 3.8) is 0 Å². The summed E-state index contributed by atoms with van der Waals surface area (Å²) in [6.45, 7) is 12.6. The highest BCUT2D eigenvalue weighted by Crippen LogP contribution is 2.18. The van der Waals surface area contributed by atoms with Gasteiger partial charge in [-0.05, 0) is 65.7 Å². The molecule has 0 aliphatic rings. The molecule has 0 aliphatic carbocycles. The maximum absolute atomic E-state index is 12.1. The fraction of sp³-hybridized carbons (Fsp3) is 0.550. The highest BCUT2D eigenvalue weighted by atomic mass is 16.6. The number of methoxy groups -OCH3 is 1. The number of guanidine groups is 1. The molecule has 1 rings (SSSR count). The van der Waals surface area contributed by atoms with Gasteiger partial charge in [0.05, 0.1) is 13.7 Å². The van der Waals surface area contributed by atoms with Gasteiger partial charge in [0.2, 0.25) is 5.96 Å². The first-order chi connectivity index (χ1) is 12.8. The fourth-order valence-corrected chi connectivity index (χ4v) is 2.12. The Morgan fingerprint density at radius 2 is 1.46 bits per heavy atom. The number of alkyl carbamates (subject to hydrolysis) is 2. The van der Waals surface area contributed by atoms with Crippen molar-refractivity contribution in [1.29, 1.82) is 0 Å². The zero-order chi connectivity index (χ0) is 21.5. The number of benzene rings is 1. The Kier molecular flexibility index (Phi) is 7.84. The second-order valence-electron chi connectivity index (χ2n) is 8.22. The van der Waals surface area contributed by atoms with Crippen molar-refractivity contribution in [3.8, 4) is 5.75 Å². The van der Waals surface area contributed by atoms with E-state index in [-0.39, 0.29) is 12.5 Å². The number of carbonyl (C=O) groups excluding carboxylic acids is 2. The van der Waals surface area contributed by atoms with Crippen molar-refractivity contribution in [3.05, 3.63) is 29.3 Å². The van der Waals surface area contributed by atoms with Crippen LogP contribution in [0, 0.1) is 6.92 Å². The van der Waals surface area contributed by atoms with Crippen molar-refractivity contribution < 1.29 is 23.8 Å². The molecule has 0 aliphatic heterocycles. The predicted molar refractivity (Wildman–Crippen MR) is 108 cm³/mol. The molecule has 156 valence electrons. The van der Waals surface area contributed by atoms with E-state index in [1.807, 2.05) is 25.1 Å². The molecule has 1 aromatic rings. The van der Waals surface area contributed by atoms with Gasteiger partial charge in [-0.25, -0.2) is 14.6 Å². The fourth-order valence-electron chi connectivity index (χ4n) is 2.12. The van der Waals surface area contributed by atoms with E-state index in [1.165, 1.54) is 0 Å². The highest BCUT2D eigenvalue weighted by molar-refractivity contribution is 6.01. The number of hydrogen-bond acceptors (Lipinski definition) is 6. The molecule has 0 saturated heterocycles. The first-order valence-electron chi connectivity index (χ1n) is 8.97. The SMILES string of the molecule is COc1ccc(CN=C(NC(=O)OC(C)(C)C)NC(=O)OC(C)(C)C)cc1C. The van der Waals surface area contributed by atoms with Crippen molar-refractivity contribution in [2.45, 2.75) is 66.2 Å². The molecule has 1 aromatic carbocycles. The molecule has 2 amide bonds.